The monoisotopic (exact) mass is 325 g/mol. The van der Waals surface area contributed by atoms with E-state index in [-0.39, 0.29) is 6.04 Å². The molecule has 0 saturated carbocycles. The standard InChI is InChI=1S/C14H17Cl2N5/c1-3-8(2)20-13-12(17)14(19-7-18-13)21-11-6-9(15)4-5-10(11)16/h4-8H,3,17H2,1-2H3,(H2,18,19,20,21). The van der Waals surface area contributed by atoms with Crippen molar-refractivity contribution in [1.82, 2.24) is 9.97 Å². The van der Waals surface area contributed by atoms with E-state index >= 15 is 0 Å². The Hall–Kier alpha value is -1.72. The predicted octanol–water partition coefficient (Wildman–Crippen LogP) is 4.32. The smallest absolute Gasteiger partial charge is 0.159 e. The fraction of sp³-hybridized carbons (Fsp3) is 0.286. The molecule has 21 heavy (non-hydrogen) atoms. The van der Waals surface area contributed by atoms with Crippen LogP contribution < -0.4 is 16.4 Å². The summed E-state index contributed by atoms with van der Waals surface area (Å²) < 4.78 is 0. The van der Waals surface area contributed by atoms with Crippen LogP contribution >= 0.6 is 23.2 Å². The number of hydrogen-bond donors (Lipinski definition) is 3. The molecule has 112 valence electrons. The molecule has 2 rings (SSSR count). The van der Waals surface area contributed by atoms with Crippen molar-refractivity contribution in [3.8, 4) is 0 Å². The van der Waals surface area contributed by atoms with Gasteiger partial charge in [-0.15, -0.1) is 0 Å². The van der Waals surface area contributed by atoms with Gasteiger partial charge in [-0.05, 0) is 31.5 Å². The first-order valence-corrected chi connectivity index (χ1v) is 7.36. The van der Waals surface area contributed by atoms with Crippen molar-refractivity contribution in [3.63, 3.8) is 0 Å². The molecule has 0 spiro atoms. The SMILES string of the molecule is CCC(C)Nc1ncnc(Nc2cc(Cl)ccc2Cl)c1N. The second-order valence-electron chi connectivity index (χ2n) is 4.69. The number of nitrogens with two attached hydrogens (primary N) is 1. The van der Waals surface area contributed by atoms with Gasteiger partial charge in [0.2, 0.25) is 0 Å². The average Bonchev–Trinajstić information content (AvgIpc) is 2.46. The maximum atomic E-state index is 6.12. The van der Waals surface area contributed by atoms with Gasteiger partial charge in [0.15, 0.2) is 11.6 Å². The van der Waals surface area contributed by atoms with Crippen molar-refractivity contribution in [2.45, 2.75) is 26.3 Å². The van der Waals surface area contributed by atoms with E-state index in [4.69, 9.17) is 28.9 Å². The first-order valence-electron chi connectivity index (χ1n) is 6.60. The highest BCUT2D eigenvalue weighted by atomic mass is 35.5. The van der Waals surface area contributed by atoms with Crippen LogP contribution in [0, 0.1) is 0 Å². The van der Waals surface area contributed by atoms with E-state index in [0.717, 1.165) is 6.42 Å². The summed E-state index contributed by atoms with van der Waals surface area (Å²) in [5, 5.41) is 7.43. The maximum Gasteiger partial charge on any atom is 0.159 e. The summed E-state index contributed by atoms with van der Waals surface area (Å²) in [7, 11) is 0. The van der Waals surface area contributed by atoms with Crippen LogP contribution in [0.4, 0.5) is 23.0 Å². The molecular formula is C14H17Cl2N5. The van der Waals surface area contributed by atoms with Crippen LogP contribution in [-0.2, 0) is 0 Å². The molecule has 0 aliphatic carbocycles. The minimum Gasteiger partial charge on any atom is -0.393 e. The quantitative estimate of drug-likeness (QED) is 0.763. The third-order valence-corrected chi connectivity index (χ3v) is 3.63. The van der Waals surface area contributed by atoms with Gasteiger partial charge < -0.3 is 16.4 Å². The molecule has 1 aromatic carbocycles. The lowest BCUT2D eigenvalue weighted by Crippen LogP contribution is -2.16. The van der Waals surface area contributed by atoms with Gasteiger partial charge in [-0.1, -0.05) is 30.1 Å². The fourth-order valence-corrected chi connectivity index (χ4v) is 2.00. The molecule has 2 aromatic rings. The number of nitrogens with one attached hydrogen (secondary N) is 2. The van der Waals surface area contributed by atoms with E-state index in [1.54, 1.807) is 18.2 Å². The zero-order valence-corrected chi connectivity index (χ0v) is 13.3. The molecule has 1 unspecified atom stereocenters. The zero-order valence-electron chi connectivity index (χ0n) is 11.8. The highest BCUT2D eigenvalue weighted by Crippen LogP contribution is 2.31. The van der Waals surface area contributed by atoms with Crippen molar-refractivity contribution in [3.05, 3.63) is 34.6 Å². The van der Waals surface area contributed by atoms with Crippen LogP contribution in [0.1, 0.15) is 20.3 Å². The Labute approximate surface area is 133 Å². The highest BCUT2D eigenvalue weighted by Gasteiger charge is 2.11. The molecule has 1 aromatic heterocycles. The molecule has 1 heterocycles. The molecule has 0 aliphatic heterocycles. The van der Waals surface area contributed by atoms with Gasteiger partial charge >= 0.3 is 0 Å². The third-order valence-electron chi connectivity index (χ3n) is 3.06. The molecule has 4 N–H and O–H groups in total. The molecule has 0 radical (unpaired) electrons. The van der Waals surface area contributed by atoms with Crippen LogP contribution in [0.5, 0.6) is 0 Å². The first-order chi connectivity index (χ1) is 10.0. The molecule has 1 atom stereocenters. The largest absolute Gasteiger partial charge is 0.393 e. The number of nitrogen functional groups attached to an aromatic ring is 1. The lowest BCUT2D eigenvalue weighted by molar-refractivity contribution is 0.759. The summed E-state index contributed by atoms with van der Waals surface area (Å²) in [5.41, 5.74) is 7.18. The van der Waals surface area contributed by atoms with Gasteiger partial charge in [-0.25, -0.2) is 9.97 Å². The maximum absolute atomic E-state index is 6.12. The van der Waals surface area contributed by atoms with E-state index < -0.39 is 0 Å². The summed E-state index contributed by atoms with van der Waals surface area (Å²) in [5.74, 6) is 1.08. The van der Waals surface area contributed by atoms with Crippen LogP contribution in [0.25, 0.3) is 0 Å². The number of halogens is 2. The van der Waals surface area contributed by atoms with Crippen molar-refractivity contribution in [2.75, 3.05) is 16.4 Å². The summed E-state index contributed by atoms with van der Waals surface area (Å²) in [4.78, 5) is 8.31. The highest BCUT2D eigenvalue weighted by molar-refractivity contribution is 6.35. The Kier molecular flexibility index (Phi) is 5.09. The predicted molar refractivity (Wildman–Crippen MR) is 89.6 cm³/mol. The molecule has 0 fully saturated rings. The Morgan fingerprint density at radius 1 is 1.24 bits per heavy atom. The summed E-state index contributed by atoms with van der Waals surface area (Å²) in [6.07, 6.45) is 2.41. The minimum atomic E-state index is 0.268. The van der Waals surface area contributed by atoms with Gasteiger partial charge in [-0.2, -0.15) is 0 Å². The van der Waals surface area contributed by atoms with Crippen molar-refractivity contribution in [2.24, 2.45) is 0 Å². The van der Waals surface area contributed by atoms with Gasteiger partial charge in [-0.3, -0.25) is 0 Å². The van der Waals surface area contributed by atoms with Crippen LogP contribution in [0.3, 0.4) is 0 Å². The second kappa shape index (κ2) is 6.83. The van der Waals surface area contributed by atoms with E-state index in [2.05, 4.69) is 34.4 Å². The van der Waals surface area contributed by atoms with E-state index in [0.29, 0.717) is 33.1 Å². The molecule has 0 aliphatic rings. The molecule has 5 nitrogen and oxygen atoms in total. The van der Waals surface area contributed by atoms with Gasteiger partial charge in [0.05, 0.1) is 10.7 Å². The number of nitrogens with zero attached hydrogens (tertiary/aromatic N) is 2. The lowest BCUT2D eigenvalue weighted by atomic mass is 10.2. The molecule has 0 bridgehead atoms. The topological polar surface area (TPSA) is 75.9 Å². The van der Waals surface area contributed by atoms with Gasteiger partial charge in [0, 0.05) is 11.1 Å². The van der Waals surface area contributed by atoms with E-state index in [9.17, 15) is 0 Å². The van der Waals surface area contributed by atoms with Crippen LogP contribution in [0.15, 0.2) is 24.5 Å². The van der Waals surface area contributed by atoms with Gasteiger partial charge in [0.1, 0.15) is 12.0 Å². The molecule has 7 heteroatoms. The van der Waals surface area contributed by atoms with Crippen LogP contribution in [-0.4, -0.2) is 16.0 Å². The van der Waals surface area contributed by atoms with Crippen molar-refractivity contribution in [1.29, 1.82) is 0 Å². The number of anilines is 4. The second-order valence-corrected chi connectivity index (χ2v) is 5.53. The van der Waals surface area contributed by atoms with Crippen LogP contribution in [0.2, 0.25) is 10.0 Å². The van der Waals surface area contributed by atoms with Crippen molar-refractivity contribution < 1.29 is 0 Å². The Morgan fingerprint density at radius 3 is 2.67 bits per heavy atom. The molecule has 0 saturated heterocycles. The summed E-state index contributed by atoms with van der Waals surface area (Å²) in [6, 6.07) is 5.41. The fourth-order valence-electron chi connectivity index (χ4n) is 1.67. The Bertz CT molecular complexity index is 633. The first kappa shape index (κ1) is 15.7. The van der Waals surface area contributed by atoms with Crippen molar-refractivity contribution >= 4 is 46.2 Å². The molecule has 0 amide bonds. The average molecular weight is 326 g/mol. The Morgan fingerprint density at radius 2 is 1.95 bits per heavy atom. The summed E-state index contributed by atoms with van der Waals surface area (Å²) >= 11 is 12.1. The summed E-state index contributed by atoms with van der Waals surface area (Å²) in [6.45, 7) is 4.14. The number of hydrogen-bond acceptors (Lipinski definition) is 5. The number of aromatic nitrogens is 2. The van der Waals surface area contributed by atoms with Gasteiger partial charge in [0.25, 0.3) is 0 Å². The zero-order chi connectivity index (χ0) is 15.4. The number of rotatable bonds is 5. The Balaban J connectivity index is 2.28. The van der Waals surface area contributed by atoms with E-state index in [1.807, 2.05) is 0 Å². The minimum absolute atomic E-state index is 0.268. The molecular weight excluding hydrogens is 309 g/mol. The normalized spacial score (nSPS) is 12.0. The lowest BCUT2D eigenvalue weighted by Gasteiger charge is -2.16. The van der Waals surface area contributed by atoms with E-state index in [1.165, 1.54) is 6.33 Å². The number of benzene rings is 1. The third kappa shape index (κ3) is 3.89.